The van der Waals surface area contributed by atoms with Crippen molar-refractivity contribution in [1.82, 2.24) is 4.98 Å². The molecule has 0 saturated carbocycles. The number of halogens is 3. The summed E-state index contributed by atoms with van der Waals surface area (Å²) in [6.07, 6.45) is -2.07. The lowest BCUT2D eigenvalue weighted by molar-refractivity contribution is -0.137. The number of benzene rings is 1. The molecule has 1 aromatic heterocycles. The van der Waals surface area contributed by atoms with Crippen molar-refractivity contribution in [3.8, 4) is 11.1 Å². The minimum Gasteiger partial charge on any atom is -0.394 e. The summed E-state index contributed by atoms with van der Waals surface area (Å²) in [5.41, 5.74) is 3.51. The summed E-state index contributed by atoms with van der Waals surface area (Å²) < 4.78 is 38.5. The lowest BCUT2D eigenvalue weighted by Crippen LogP contribution is -2.14. The molecule has 3 N–H and O–H groups in total. The number of nitrogens with one attached hydrogen (secondary N) is 1. The zero-order valence-corrected chi connectivity index (χ0v) is 9.08. The molecule has 0 aliphatic heterocycles. The maximum absolute atomic E-state index is 12.8. The Balaban J connectivity index is 2.73. The number of alkyl halides is 3. The molecule has 0 spiro atoms. The van der Waals surface area contributed by atoms with Crippen LogP contribution in [-0.2, 0) is 6.18 Å². The van der Waals surface area contributed by atoms with E-state index < -0.39 is 17.2 Å². The van der Waals surface area contributed by atoms with Crippen molar-refractivity contribution in [2.24, 2.45) is 0 Å². The predicted octanol–water partition coefficient (Wildman–Crippen LogP) is 2.64. The Morgan fingerprint density at radius 3 is 2.39 bits per heavy atom. The average Bonchev–Trinajstić information content (AvgIpc) is 2.32. The smallest absolute Gasteiger partial charge is 0.394 e. The van der Waals surface area contributed by atoms with Crippen LogP contribution >= 0.6 is 0 Å². The van der Waals surface area contributed by atoms with Crippen molar-refractivity contribution in [2.75, 3.05) is 5.73 Å². The molecule has 0 radical (unpaired) electrons. The lowest BCUT2D eigenvalue weighted by atomic mass is 10.0. The fourth-order valence-corrected chi connectivity index (χ4v) is 1.67. The Morgan fingerprint density at radius 2 is 1.72 bits per heavy atom. The quantitative estimate of drug-likeness (QED) is 0.821. The van der Waals surface area contributed by atoms with Gasteiger partial charge in [0, 0.05) is 18.0 Å². The Labute approximate surface area is 100 Å². The van der Waals surface area contributed by atoms with Gasteiger partial charge in [-0.1, -0.05) is 18.2 Å². The Hall–Kier alpha value is -2.24. The van der Waals surface area contributed by atoms with Crippen molar-refractivity contribution in [2.45, 2.75) is 6.18 Å². The molecular formula is C12H9F3N2O. The number of hydrogen-bond acceptors (Lipinski definition) is 2. The first kappa shape index (κ1) is 12.2. The molecule has 1 aromatic carbocycles. The van der Waals surface area contributed by atoms with Crippen molar-refractivity contribution < 1.29 is 13.2 Å². The van der Waals surface area contributed by atoms with Crippen LogP contribution in [0.4, 0.5) is 18.9 Å². The van der Waals surface area contributed by atoms with Crippen molar-refractivity contribution >= 4 is 5.69 Å². The molecule has 3 nitrogen and oxygen atoms in total. The van der Waals surface area contributed by atoms with Crippen LogP contribution in [0.15, 0.2) is 41.5 Å². The number of rotatable bonds is 1. The van der Waals surface area contributed by atoms with Crippen LogP contribution in [0.3, 0.4) is 0 Å². The van der Waals surface area contributed by atoms with Crippen LogP contribution in [0, 0.1) is 0 Å². The van der Waals surface area contributed by atoms with Crippen molar-refractivity contribution in [3.63, 3.8) is 0 Å². The van der Waals surface area contributed by atoms with E-state index >= 15 is 0 Å². The van der Waals surface area contributed by atoms with Gasteiger partial charge in [0.2, 0.25) is 5.43 Å². The maximum Gasteiger partial charge on any atom is 0.417 e. The molecule has 0 saturated heterocycles. The largest absolute Gasteiger partial charge is 0.417 e. The molecule has 0 atom stereocenters. The van der Waals surface area contributed by atoms with Crippen molar-refractivity contribution in [1.29, 1.82) is 0 Å². The predicted molar refractivity (Wildman–Crippen MR) is 61.9 cm³/mol. The zero-order chi connectivity index (χ0) is 13.3. The van der Waals surface area contributed by atoms with E-state index in [1.165, 1.54) is 30.6 Å². The summed E-state index contributed by atoms with van der Waals surface area (Å²) in [5.74, 6) is 0. The van der Waals surface area contributed by atoms with Gasteiger partial charge in [0.05, 0.1) is 11.3 Å². The highest BCUT2D eigenvalue weighted by atomic mass is 19.4. The topological polar surface area (TPSA) is 58.9 Å². The van der Waals surface area contributed by atoms with Gasteiger partial charge >= 0.3 is 6.18 Å². The third-order valence-electron chi connectivity index (χ3n) is 2.50. The molecule has 0 bridgehead atoms. The molecule has 6 heteroatoms. The Bertz CT molecular complexity index is 632. The first-order valence-electron chi connectivity index (χ1n) is 5.04. The lowest BCUT2D eigenvalue weighted by Gasteiger charge is -2.12. The fourth-order valence-electron chi connectivity index (χ4n) is 1.67. The minimum atomic E-state index is -4.52. The van der Waals surface area contributed by atoms with E-state index in [1.54, 1.807) is 0 Å². The highest BCUT2D eigenvalue weighted by molar-refractivity contribution is 5.69. The van der Waals surface area contributed by atoms with Crippen LogP contribution in [0.2, 0.25) is 0 Å². The summed E-state index contributed by atoms with van der Waals surface area (Å²) in [5, 5.41) is 0. The molecule has 94 valence electrons. The number of H-pyrrole nitrogens is 1. The van der Waals surface area contributed by atoms with Gasteiger partial charge in [-0.3, -0.25) is 4.79 Å². The molecule has 0 fully saturated rings. The SMILES string of the molecule is Nc1c[nH]cc(-c2ccccc2C(F)(F)F)c1=O. The van der Waals surface area contributed by atoms with E-state index in [1.807, 2.05) is 0 Å². The van der Waals surface area contributed by atoms with Gasteiger partial charge in [0.15, 0.2) is 0 Å². The van der Waals surface area contributed by atoms with Gasteiger partial charge in [-0.25, -0.2) is 0 Å². The third-order valence-corrected chi connectivity index (χ3v) is 2.50. The van der Waals surface area contributed by atoms with E-state index in [-0.39, 0.29) is 16.8 Å². The van der Waals surface area contributed by atoms with E-state index in [2.05, 4.69) is 4.98 Å². The molecular weight excluding hydrogens is 245 g/mol. The summed E-state index contributed by atoms with van der Waals surface area (Å²) >= 11 is 0. The second-order valence-corrected chi connectivity index (χ2v) is 3.70. The number of aromatic nitrogens is 1. The van der Waals surface area contributed by atoms with Crippen molar-refractivity contribution in [3.05, 3.63) is 52.4 Å². The van der Waals surface area contributed by atoms with Crippen LogP contribution in [0.5, 0.6) is 0 Å². The number of pyridine rings is 1. The summed E-state index contributed by atoms with van der Waals surface area (Å²) in [6, 6.07) is 4.88. The van der Waals surface area contributed by atoms with Crippen LogP contribution < -0.4 is 11.2 Å². The molecule has 0 aliphatic rings. The monoisotopic (exact) mass is 254 g/mol. The number of nitrogen functional groups attached to an aromatic ring is 1. The van der Waals surface area contributed by atoms with E-state index in [0.29, 0.717) is 0 Å². The molecule has 0 aliphatic carbocycles. The molecule has 0 unspecified atom stereocenters. The summed E-state index contributed by atoms with van der Waals surface area (Å²) in [7, 11) is 0. The first-order chi connectivity index (χ1) is 8.41. The molecule has 2 rings (SSSR count). The van der Waals surface area contributed by atoms with Crippen LogP contribution in [0.1, 0.15) is 5.56 Å². The summed E-state index contributed by atoms with van der Waals surface area (Å²) in [4.78, 5) is 14.3. The average molecular weight is 254 g/mol. The van der Waals surface area contributed by atoms with E-state index in [4.69, 9.17) is 5.73 Å². The molecule has 18 heavy (non-hydrogen) atoms. The number of nitrogens with two attached hydrogens (primary N) is 1. The van der Waals surface area contributed by atoms with Crippen LogP contribution in [-0.4, -0.2) is 4.98 Å². The van der Waals surface area contributed by atoms with Gasteiger partial charge < -0.3 is 10.7 Å². The highest BCUT2D eigenvalue weighted by Crippen LogP contribution is 2.35. The Morgan fingerprint density at radius 1 is 1.06 bits per heavy atom. The van der Waals surface area contributed by atoms with E-state index in [0.717, 1.165) is 6.07 Å². The molecule has 1 heterocycles. The number of anilines is 1. The zero-order valence-electron chi connectivity index (χ0n) is 9.08. The van der Waals surface area contributed by atoms with Gasteiger partial charge in [0.1, 0.15) is 0 Å². The first-order valence-corrected chi connectivity index (χ1v) is 5.04. The standard InChI is InChI=1S/C12H9F3N2O/c13-12(14,15)9-4-2-1-3-7(9)8-5-17-6-10(16)11(8)18/h1-6H,16H2,(H,17,18). The van der Waals surface area contributed by atoms with E-state index in [9.17, 15) is 18.0 Å². The maximum atomic E-state index is 12.8. The molecule has 0 amide bonds. The number of aromatic amines is 1. The number of hydrogen-bond donors (Lipinski definition) is 2. The minimum absolute atomic E-state index is 0.0945. The second-order valence-electron chi connectivity index (χ2n) is 3.70. The van der Waals surface area contributed by atoms with Crippen LogP contribution in [0.25, 0.3) is 11.1 Å². The second kappa shape index (κ2) is 4.21. The Kier molecular flexibility index (Phi) is 2.86. The molecule has 2 aromatic rings. The fraction of sp³-hybridized carbons (Fsp3) is 0.0833. The third kappa shape index (κ3) is 2.09. The van der Waals surface area contributed by atoms with Gasteiger partial charge in [0.25, 0.3) is 0 Å². The van der Waals surface area contributed by atoms with Gasteiger partial charge in [-0.15, -0.1) is 0 Å². The normalized spacial score (nSPS) is 11.5. The summed E-state index contributed by atoms with van der Waals surface area (Å²) in [6.45, 7) is 0. The highest BCUT2D eigenvalue weighted by Gasteiger charge is 2.33. The van der Waals surface area contributed by atoms with Gasteiger partial charge in [-0.2, -0.15) is 13.2 Å². The van der Waals surface area contributed by atoms with Gasteiger partial charge in [-0.05, 0) is 11.6 Å².